The molecule has 0 heterocycles. The molecule has 1 aromatic rings. The average molecular weight is 205 g/mol. The van der Waals surface area contributed by atoms with Crippen LogP contribution >= 0.6 is 12.4 Å². The van der Waals surface area contributed by atoms with Gasteiger partial charge in [0.1, 0.15) is 5.75 Å². The summed E-state index contributed by atoms with van der Waals surface area (Å²) in [4.78, 5) is 14.3. The molecule has 0 spiro atoms. The summed E-state index contributed by atoms with van der Waals surface area (Å²) in [6, 6.07) is 4.32. The molecule has 5 nitrogen and oxygen atoms in total. The molecule has 0 aliphatic rings. The van der Waals surface area contributed by atoms with Gasteiger partial charge in [-0.3, -0.25) is 10.1 Å². The largest absolute Gasteiger partial charge is 0.412 e. The lowest BCUT2D eigenvalue weighted by Crippen LogP contribution is -2.02. The van der Waals surface area contributed by atoms with Gasteiger partial charge in [0.15, 0.2) is 0 Å². The van der Waals surface area contributed by atoms with Crippen molar-refractivity contribution in [1.82, 2.24) is 0 Å². The van der Waals surface area contributed by atoms with Gasteiger partial charge in [0, 0.05) is 11.6 Å². The van der Waals surface area contributed by atoms with Crippen LogP contribution in [0.2, 0.25) is 0 Å². The fraction of sp³-hybridized carbons (Fsp3) is 0.143. The van der Waals surface area contributed by atoms with E-state index in [0.29, 0.717) is 11.3 Å². The zero-order chi connectivity index (χ0) is 9.14. The number of hydrogen-bond donors (Lipinski definition) is 1. The third kappa shape index (κ3) is 2.57. The fourth-order valence-corrected chi connectivity index (χ4v) is 0.906. The van der Waals surface area contributed by atoms with Gasteiger partial charge in [0.25, 0.3) is 5.69 Å². The zero-order valence-corrected chi connectivity index (χ0v) is 7.71. The molecule has 0 aliphatic heterocycles. The predicted octanol–water partition coefficient (Wildman–Crippen LogP) is 1.58. The fourth-order valence-electron chi connectivity index (χ4n) is 0.906. The molecule has 6 heteroatoms. The van der Waals surface area contributed by atoms with Gasteiger partial charge < -0.3 is 4.84 Å². The lowest BCUT2D eigenvalue weighted by atomic mass is 10.2. The molecule has 0 amide bonds. The molecule has 0 saturated heterocycles. The first kappa shape index (κ1) is 11.7. The van der Waals surface area contributed by atoms with Gasteiger partial charge in [0.05, 0.1) is 4.92 Å². The van der Waals surface area contributed by atoms with Crippen LogP contribution < -0.4 is 10.7 Å². The number of hydrogen-bond acceptors (Lipinski definition) is 4. The van der Waals surface area contributed by atoms with E-state index in [4.69, 9.17) is 5.90 Å². The molecule has 0 unspecified atom stereocenters. The van der Waals surface area contributed by atoms with Crippen molar-refractivity contribution < 1.29 is 9.76 Å². The Balaban J connectivity index is 0.00000144. The van der Waals surface area contributed by atoms with E-state index in [9.17, 15) is 10.1 Å². The third-order valence-corrected chi connectivity index (χ3v) is 1.50. The van der Waals surface area contributed by atoms with E-state index in [1.54, 1.807) is 6.92 Å². The molecule has 1 aromatic carbocycles. The van der Waals surface area contributed by atoms with Crippen LogP contribution in [0.3, 0.4) is 0 Å². The summed E-state index contributed by atoms with van der Waals surface area (Å²) in [7, 11) is 0. The van der Waals surface area contributed by atoms with Crippen molar-refractivity contribution in [2.24, 2.45) is 5.90 Å². The zero-order valence-electron chi connectivity index (χ0n) is 6.89. The number of nitro benzene ring substituents is 1. The van der Waals surface area contributed by atoms with Crippen molar-refractivity contribution in [3.63, 3.8) is 0 Å². The molecule has 0 fully saturated rings. The van der Waals surface area contributed by atoms with E-state index < -0.39 is 4.92 Å². The van der Waals surface area contributed by atoms with Crippen molar-refractivity contribution in [3.8, 4) is 5.75 Å². The van der Waals surface area contributed by atoms with Crippen LogP contribution in [0.15, 0.2) is 18.2 Å². The molecule has 13 heavy (non-hydrogen) atoms. The van der Waals surface area contributed by atoms with Crippen LogP contribution in [0.25, 0.3) is 0 Å². The lowest BCUT2D eigenvalue weighted by molar-refractivity contribution is -0.385. The summed E-state index contributed by atoms with van der Waals surface area (Å²) in [5, 5.41) is 10.4. The lowest BCUT2D eigenvalue weighted by Gasteiger charge is -1.99. The first-order chi connectivity index (χ1) is 5.65. The highest BCUT2D eigenvalue weighted by atomic mass is 35.5. The van der Waals surface area contributed by atoms with Crippen LogP contribution in [-0.2, 0) is 0 Å². The van der Waals surface area contributed by atoms with Gasteiger partial charge in [0.2, 0.25) is 0 Å². The normalized spacial score (nSPS) is 8.77. The number of benzene rings is 1. The molecule has 1 rings (SSSR count). The molecular formula is C7H9ClN2O3. The Morgan fingerprint density at radius 3 is 2.54 bits per heavy atom. The highest BCUT2D eigenvalue weighted by Crippen LogP contribution is 2.21. The Kier molecular flexibility index (Phi) is 4.16. The van der Waals surface area contributed by atoms with Gasteiger partial charge in [-0.15, -0.1) is 12.4 Å². The number of nitrogens with zero attached hydrogens (tertiary/aromatic N) is 1. The van der Waals surface area contributed by atoms with Crippen molar-refractivity contribution in [3.05, 3.63) is 33.9 Å². The monoisotopic (exact) mass is 204 g/mol. The van der Waals surface area contributed by atoms with Gasteiger partial charge in [-0.2, -0.15) is 5.90 Å². The number of halogens is 1. The Bertz CT molecular complexity index is 317. The minimum absolute atomic E-state index is 0. The minimum atomic E-state index is -0.449. The van der Waals surface area contributed by atoms with Crippen LogP contribution in [0.4, 0.5) is 5.69 Å². The molecule has 0 aliphatic carbocycles. The quantitative estimate of drug-likeness (QED) is 0.586. The minimum Gasteiger partial charge on any atom is -0.412 e. The average Bonchev–Trinajstić information content (AvgIpc) is 2.03. The first-order valence-electron chi connectivity index (χ1n) is 3.27. The molecule has 2 N–H and O–H groups in total. The Morgan fingerprint density at radius 1 is 1.54 bits per heavy atom. The van der Waals surface area contributed by atoms with E-state index >= 15 is 0 Å². The third-order valence-electron chi connectivity index (χ3n) is 1.50. The van der Waals surface area contributed by atoms with Crippen molar-refractivity contribution >= 4 is 18.1 Å². The summed E-state index contributed by atoms with van der Waals surface area (Å²) in [5.41, 5.74) is 0.596. The molecule has 72 valence electrons. The standard InChI is InChI=1S/C7H8N2O3.ClH/c1-5-4-6(12-8)2-3-7(5)9(10)11;/h2-4H,8H2,1H3;1H. The maximum absolute atomic E-state index is 10.4. The molecule has 0 saturated carbocycles. The second-order valence-electron chi connectivity index (χ2n) is 2.32. The second-order valence-corrected chi connectivity index (χ2v) is 2.32. The smallest absolute Gasteiger partial charge is 0.272 e. The Morgan fingerprint density at radius 2 is 2.15 bits per heavy atom. The van der Waals surface area contributed by atoms with Gasteiger partial charge in [-0.25, -0.2) is 0 Å². The van der Waals surface area contributed by atoms with E-state index in [2.05, 4.69) is 4.84 Å². The Hall–Kier alpha value is -1.33. The summed E-state index contributed by atoms with van der Waals surface area (Å²) in [5.74, 6) is 5.29. The first-order valence-corrected chi connectivity index (χ1v) is 3.27. The van der Waals surface area contributed by atoms with Crippen molar-refractivity contribution in [2.45, 2.75) is 6.92 Å². The number of nitrogens with two attached hydrogens (primary N) is 1. The Labute approximate surface area is 81.0 Å². The van der Waals surface area contributed by atoms with Crippen LogP contribution in [0.1, 0.15) is 5.56 Å². The SMILES string of the molecule is Cc1cc(ON)ccc1[N+](=O)[O-].Cl. The summed E-state index contributed by atoms with van der Waals surface area (Å²) < 4.78 is 0. The molecule has 0 bridgehead atoms. The highest BCUT2D eigenvalue weighted by molar-refractivity contribution is 5.85. The summed E-state index contributed by atoms with van der Waals surface area (Å²) >= 11 is 0. The molecule has 0 atom stereocenters. The van der Waals surface area contributed by atoms with Crippen LogP contribution in [-0.4, -0.2) is 4.92 Å². The van der Waals surface area contributed by atoms with Gasteiger partial charge in [-0.05, 0) is 19.1 Å². The summed E-state index contributed by atoms with van der Waals surface area (Å²) in [6.45, 7) is 1.63. The predicted molar refractivity (Wildman–Crippen MR) is 49.9 cm³/mol. The van der Waals surface area contributed by atoms with E-state index in [1.165, 1.54) is 18.2 Å². The molecule has 0 aromatic heterocycles. The second kappa shape index (κ2) is 4.64. The van der Waals surface area contributed by atoms with E-state index in [-0.39, 0.29) is 18.1 Å². The maximum Gasteiger partial charge on any atom is 0.272 e. The van der Waals surface area contributed by atoms with Crippen LogP contribution in [0, 0.1) is 17.0 Å². The molecular weight excluding hydrogens is 196 g/mol. The maximum atomic E-state index is 10.4. The number of nitro groups is 1. The number of aryl methyl sites for hydroxylation is 1. The van der Waals surface area contributed by atoms with Crippen LogP contribution in [0.5, 0.6) is 5.75 Å². The highest BCUT2D eigenvalue weighted by Gasteiger charge is 2.09. The topological polar surface area (TPSA) is 78.4 Å². The van der Waals surface area contributed by atoms with E-state index in [0.717, 1.165) is 0 Å². The van der Waals surface area contributed by atoms with Gasteiger partial charge >= 0.3 is 0 Å². The van der Waals surface area contributed by atoms with Crippen molar-refractivity contribution in [2.75, 3.05) is 0 Å². The number of rotatable bonds is 2. The molecule has 0 radical (unpaired) electrons. The van der Waals surface area contributed by atoms with Crippen molar-refractivity contribution in [1.29, 1.82) is 0 Å². The summed E-state index contributed by atoms with van der Waals surface area (Å²) in [6.07, 6.45) is 0. The van der Waals surface area contributed by atoms with E-state index in [1.807, 2.05) is 0 Å². The van der Waals surface area contributed by atoms with Gasteiger partial charge in [-0.1, -0.05) is 0 Å².